The van der Waals surface area contributed by atoms with Crippen LogP contribution in [-0.2, 0) is 0 Å². The van der Waals surface area contributed by atoms with E-state index in [1.54, 1.807) is 4.47 Å². The van der Waals surface area contributed by atoms with Gasteiger partial charge < -0.3 is 0 Å². The van der Waals surface area contributed by atoms with Crippen LogP contribution < -0.4 is 8.92 Å². The van der Waals surface area contributed by atoms with Crippen LogP contribution in [0.4, 0.5) is 0 Å². The van der Waals surface area contributed by atoms with Crippen molar-refractivity contribution in [2.45, 2.75) is 18.2 Å². The van der Waals surface area contributed by atoms with Crippen LogP contribution in [0.1, 0.15) is 29.5 Å². The molecule has 202 valence electrons. The molecule has 2 atom stereocenters. The Bertz CT molecular complexity index is 1530. The topological polar surface area (TPSA) is 0 Å². The van der Waals surface area contributed by atoms with Crippen LogP contribution in [0, 0.1) is 11.8 Å². The van der Waals surface area contributed by atoms with E-state index in [0.29, 0.717) is 26.8 Å². The molecule has 41 heavy (non-hydrogen) atoms. The van der Waals surface area contributed by atoms with E-state index in [0.717, 1.165) is 6.42 Å². The molecule has 5 aromatic carbocycles. The summed E-state index contributed by atoms with van der Waals surface area (Å²) < 4.78 is 4.54. The van der Waals surface area contributed by atoms with E-state index in [4.69, 9.17) is 0 Å². The summed E-state index contributed by atoms with van der Waals surface area (Å²) in [4.78, 5) is 0. The molecule has 0 bridgehead atoms. The number of rotatable bonds is 9. The summed E-state index contributed by atoms with van der Waals surface area (Å²) >= 11 is 0.632. The molecule has 0 aliphatic heterocycles. The van der Waals surface area contributed by atoms with Gasteiger partial charge in [-0.15, -0.1) is 0 Å². The first-order chi connectivity index (χ1) is 20.3. The molecule has 0 N–H and O–H groups in total. The van der Waals surface area contributed by atoms with Gasteiger partial charge in [-0.1, -0.05) is 0 Å². The van der Waals surface area contributed by atoms with Crippen molar-refractivity contribution in [3.05, 3.63) is 179 Å². The summed E-state index contributed by atoms with van der Waals surface area (Å²) in [6.45, 7) is 0. The van der Waals surface area contributed by atoms with Gasteiger partial charge in [-0.3, -0.25) is 0 Å². The van der Waals surface area contributed by atoms with E-state index in [1.165, 1.54) is 48.5 Å². The molecule has 0 nitrogen and oxygen atoms in total. The Kier molecular flexibility index (Phi) is 9.48. The zero-order valence-corrected chi connectivity index (χ0v) is 26.5. The molecule has 1 aliphatic carbocycles. The molecular weight excluding hydrogens is 626 g/mol. The molecule has 0 fully saturated rings. The van der Waals surface area contributed by atoms with Gasteiger partial charge in [0.2, 0.25) is 0 Å². The molecule has 1 aliphatic rings. The molecule has 0 spiro atoms. The standard InChI is InChI=1S/C39H34Se2/c1-6-16-30(17-7-1)33-26-27-34(29-40-35-22-12-4-13-23-35)37(28-33)39(41-36-24-14-5-15-25-36)38(31-18-8-2-9-19-31)32-20-10-3-11-21-32/h1-25,28,34,37H,26-27,29H2. The second kappa shape index (κ2) is 14.0. The third-order valence-electron chi connectivity index (χ3n) is 7.67. The Morgan fingerprint density at radius 1 is 0.561 bits per heavy atom. The van der Waals surface area contributed by atoms with Gasteiger partial charge in [0.25, 0.3) is 0 Å². The third kappa shape index (κ3) is 7.10. The van der Waals surface area contributed by atoms with Crippen molar-refractivity contribution in [2.24, 2.45) is 11.8 Å². The Labute approximate surface area is 257 Å². The Morgan fingerprint density at radius 2 is 1.05 bits per heavy atom. The van der Waals surface area contributed by atoms with Gasteiger partial charge in [-0.2, -0.15) is 0 Å². The minimum atomic E-state index is 0.181. The normalized spacial score (nSPS) is 16.5. The van der Waals surface area contributed by atoms with Crippen molar-refractivity contribution in [1.82, 2.24) is 0 Å². The Balaban J connectivity index is 1.53. The van der Waals surface area contributed by atoms with E-state index in [1.807, 2.05) is 0 Å². The number of hydrogen-bond donors (Lipinski definition) is 0. The van der Waals surface area contributed by atoms with Gasteiger partial charge in [-0.05, 0) is 0 Å². The fraction of sp³-hybridized carbons (Fsp3) is 0.128. The summed E-state index contributed by atoms with van der Waals surface area (Å²) in [6, 6.07) is 55.6. The van der Waals surface area contributed by atoms with Crippen LogP contribution in [0.5, 0.6) is 0 Å². The molecule has 0 radical (unpaired) electrons. The predicted molar refractivity (Wildman–Crippen MR) is 178 cm³/mol. The Morgan fingerprint density at radius 3 is 1.61 bits per heavy atom. The zero-order valence-electron chi connectivity index (χ0n) is 23.1. The minimum absolute atomic E-state index is 0.181. The van der Waals surface area contributed by atoms with Crippen molar-refractivity contribution in [2.75, 3.05) is 0 Å². The molecule has 5 aromatic rings. The van der Waals surface area contributed by atoms with Gasteiger partial charge in [0, 0.05) is 0 Å². The molecule has 0 heterocycles. The monoisotopic (exact) mass is 662 g/mol. The first-order valence-corrected chi connectivity index (χ1v) is 18.1. The van der Waals surface area contributed by atoms with Gasteiger partial charge in [0.05, 0.1) is 0 Å². The third-order valence-corrected chi connectivity index (χ3v) is 12.7. The van der Waals surface area contributed by atoms with Crippen LogP contribution in [0.15, 0.2) is 162 Å². The second-order valence-electron chi connectivity index (χ2n) is 10.4. The maximum atomic E-state index is 2.66. The van der Waals surface area contributed by atoms with Gasteiger partial charge in [0.1, 0.15) is 0 Å². The average Bonchev–Trinajstić information content (AvgIpc) is 3.06. The number of hydrogen-bond acceptors (Lipinski definition) is 0. The van der Waals surface area contributed by atoms with E-state index >= 15 is 0 Å². The zero-order chi connectivity index (χ0) is 27.7. The molecule has 0 saturated carbocycles. The molecule has 0 amide bonds. The molecule has 2 unspecified atom stereocenters. The van der Waals surface area contributed by atoms with E-state index < -0.39 is 0 Å². The first kappa shape index (κ1) is 27.8. The van der Waals surface area contributed by atoms with Crippen LogP contribution in [0.25, 0.3) is 11.1 Å². The fourth-order valence-electron chi connectivity index (χ4n) is 5.61. The van der Waals surface area contributed by atoms with Crippen molar-refractivity contribution in [3.63, 3.8) is 0 Å². The molecule has 6 rings (SSSR count). The van der Waals surface area contributed by atoms with Crippen molar-refractivity contribution >= 4 is 50.0 Å². The van der Waals surface area contributed by atoms with Gasteiger partial charge >= 0.3 is 259 Å². The SMILES string of the molecule is C1=C(c2ccccc2)CCC(C[Se]c2ccccc2)C1C([Se]c1ccccc1)=C(c1ccccc1)c1ccccc1. The van der Waals surface area contributed by atoms with Gasteiger partial charge in [-0.25, -0.2) is 0 Å². The molecular formula is C39H34Se2. The van der Waals surface area contributed by atoms with Crippen LogP contribution in [0.3, 0.4) is 0 Å². The molecule has 0 saturated heterocycles. The summed E-state index contributed by atoms with van der Waals surface area (Å²) in [6.07, 6.45) is 5.04. The van der Waals surface area contributed by atoms with Crippen molar-refractivity contribution in [3.8, 4) is 0 Å². The summed E-state index contributed by atoms with van der Waals surface area (Å²) in [7, 11) is 0. The van der Waals surface area contributed by atoms with Crippen LogP contribution >= 0.6 is 0 Å². The summed E-state index contributed by atoms with van der Waals surface area (Å²) in [5, 5.41) is 1.26. The predicted octanol–water partition coefficient (Wildman–Crippen LogP) is 8.03. The van der Waals surface area contributed by atoms with E-state index in [9.17, 15) is 0 Å². The van der Waals surface area contributed by atoms with Gasteiger partial charge in [0.15, 0.2) is 0 Å². The summed E-state index contributed by atoms with van der Waals surface area (Å²) in [5.74, 6) is 1.01. The van der Waals surface area contributed by atoms with Crippen molar-refractivity contribution < 1.29 is 0 Å². The van der Waals surface area contributed by atoms with E-state index in [2.05, 4.69) is 158 Å². The average molecular weight is 661 g/mol. The van der Waals surface area contributed by atoms with Crippen LogP contribution in [0.2, 0.25) is 5.32 Å². The molecule has 2 heteroatoms. The first-order valence-electron chi connectivity index (χ1n) is 14.4. The second-order valence-corrected chi connectivity index (χ2v) is 15.0. The maximum absolute atomic E-state index is 2.66. The van der Waals surface area contributed by atoms with E-state index in [-0.39, 0.29) is 15.0 Å². The number of allylic oxidation sites excluding steroid dienone is 3. The van der Waals surface area contributed by atoms with Crippen molar-refractivity contribution in [1.29, 1.82) is 0 Å². The fourth-order valence-corrected chi connectivity index (χ4v) is 10.7. The summed E-state index contributed by atoms with van der Waals surface area (Å²) in [5.41, 5.74) is 6.93. The van der Waals surface area contributed by atoms with Crippen LogP contribution in [-0.4, -0.2) is 29.9 Å². The Hall–Kier alpha value is -3.38. The molecule has 0 aromatic heterocycles. The quantitative estimate of drug-likeness (QED) is 0.141. The number of benzene rings is 5.